The van der Waals surface area contributed by atoms with Crippen LogP contribution in [0.25, 0.3) is 0 Å². The van der Waals surface area contributed by atoms with Gasteiger partial charge in [0.1, 0.15) is 5.75 Å². The van der Waals surface area contributed by atoms with Gasteiger partial charge in [0.05, 0.1) is 11.4 Å². The highest BCUT2D eigenvalue weighted by Gasteiger charge is 2.34. The average Bonchev–Trinajstić information content (AvgIpc) is 2.62. The molecule has 28 heavy (non-hydrogen) atoms. The molecule has 0 saturated heterocycles. The van der Waals surface area contributed by atoms with Gasteiger partial charge < -0.3 is 10.1 Å². The molecule has 1 amide bonds. The van der Waals surface area contributed by atoms with Crippen molar-refractivity contribution in [2.75, 3.05) is 11.9 Å². The number of nitrogens with one attached hydrogen (secondary N) is 2. The second-order valence-electron chi connectivity index (χ2n) is 8.50. The average molecular weight is 411 g/mol. The van der Waals surface area contributed by atoms with Crippen LogP contribution in [0.5, 0.6) is 5.75 Å². The summed E-state index contributed by atoms with van der Waals surface area (Å²) < 4.78 is 32.2. The molecule has 0 aliphatic heterocycles. The van der Waals surface area contributed by atoms with Crippen LogP contribution in [-0.2, 0) is 14.8 Å². The van der Waals surface area contributed by atoms with Gasteiger partial charge in [0.2, 0.25) is 15.9 Å². The Morgan fingerprint density at radius 2 is 1.71 bits per heavy atom. The molecule has 2 rings (SSSR count). The van der Waals surface area contributed by atoms with Crippen molar-refractivity contribution in [3.8, 4) is 5.75 Å². The molecule has 1 fully saturated rings. The molecule has 1 aromatic rings. The van der Waals surface area contributed by atoms with Crippen LogP contribution in [-0.4, -0.2) is 31.7 Å². The third-order valence-corrected chi connectivity index (χ3v) is 7.37. The summed E-state index contributed by atoms with van der Waals surface area (Å²) in [7, 11) is -3.36. The second-order valence-corrected chi connectivity index (χ2v) is 11.0. The molecule has 1 saturated carbocycles. The van der Waals surface area contributed by atoms with E-state index in [4.69, 9.17) is 4.74 Å². The maximum atomic E-state index is 12.5. The Balaban J connectivity index is 1.80. The summed E-state index contributed by atoms with van der Waals surface area (Å²) >= 11 is 0. The van der Waals surface area contributed by atoms with Crippen molar-refractivity contribution in [2.45, 2.75) is 77.0 Å². The van der Waals surface area contributed by atoms with Crippen molar-refractivity contribution >= 4 is 21.6 Å². The summed E-state index contributed by atoms with van der Waals surface area (Å²) in [4.78, 5) is 12.5. The molecule has 0 bridgehead atoms. The Labute approximate surface area is 169 Å². The number of ether oxygens (including phenoxy) is 1. The van der Waals surface area contributed by atoms with Crippen LogP contribution in [0.1, 0.15) is 66.2 Å². The van der Waals surface area contributed by atoms with Gasteiger partial charge in [0, 0.05) is 17.6 Å². The zero-order chi connectivity index (χ0) is 20.8. The van der Waals surface area contributed by atoms with Crippen molar-refractivity contribution in [1.82, 2.24) is 4.72 Å². The van der Waals surface area contributed by atoms with E-state index in [2.05, 4.69) is 17.0 Å². The molecule has 158 valence electrons. The summed E-state index contributed by atoms with van der Waals surface area (Å²) in [6.07, 6.45) is 4.83. The van der Waals surface area contributed by atoms with Crippen molar-refractivity contribution in [3.05, 3.63) is 24.3 Å². The highest BCUT2D eigenvalue weighted by atomic mass is 32.2. The van der Waals surface area contributed by atoms with E-state index in [1.54, 1.807) is 20.8 Å². The molecular weight excluding hydrogens is 376 g/mol. The largest absolute Gasteiger partial charge is 0.494 e. The quantitative estimate of drug-likeness (QED) is 0.633. The topological polar surface area (TPSA) is 84.5 Å². The molecule has 0 unspecified atom stereocenters. The van der Waals surface area contributed by atoms with E-state index in [9.17, 15) is 13.2 Å². The van der Waals surface area contributed by atoms with E-state index < -0.39 is 14.8 Å². The molecule has 1 aliphatic carbocycles. The molecule has 0 atom stereocenters. The van der Waals surface area contributed by atoms with Gasteiger partial charge in [0.15, 0.2) is 0 Å². The summed E-state index contributed by atoms with van der Waals surface area (Å²) in [6.45, 7) is 7.89. The smallest absolute Gasteiger partial charge is 0.227 e. The minimum absolute atomic E-state index is 0.00298. The maximum Gasteiger partial charge on any atom is 0.227 e. The van der Waals surface area contributed by atoms with Crippen LogP contribution in [0.2, 0.25) is 0 Å². The van der Waals surface area contributed by atoms with Gasteiger partial charge in [-0.3, -0.25) is 4.79 Å². The van der Waals surface area contributed by atoms with Crippen LogP contribution in [0.3, 0.4) is 0 Å². The van der Waals surface area contributed by atoms with Gasteiger partial charge in [-0.05, 0) is 77.1 Å². The van der Waals surface area contributed by atoms with E-state index in [0.717, 1.165) is 24.3 Å². The van der Waals surface area contributed by atoms with E-state index in [1.807, 2.05) is 24.3 Å². The van der Waals surface area contributed by atoms with Gasteiger partial charge in [-0.2, -0.15) is 0 Å². The zero-order valence-electron chi connectivity index (χ0n) is 17.5. The number of carbonyl (C=O) groups excluding carboxylic acids is 1. The number of anilines is 1. The number of amides is 1. The Hall–Kier alpha value is -1.60. The summed E-state index contributed by atoms with van der Waals surface area (Å²) in [5, 5.41) is 2.96. The number of benzene rings is 1. The SMILES string of the molecule is CCCCOc1ccc(NC(=O)C2CCC(NS(=O)(=O)C(C)(C)C)CC2)cc1. The summed E-state index contributed by atoms with van der Waals surface area (Å²) in [5.41, 5.74) is 0.753. The van der Waals surface area contributed by atoms with Gasteiger partial charge in [-0.15, -0.1) is 0 Å². The van der Waals surface area contributed by atoms with Gasteiger partial charge in [-0.1, -0.05) is 13.3 Å². The molecule has 1 aromatic carbocycles. The molecule has 0 radical (unpaired) electrons. The highest BCUT2D eigenvalue weighted by Crippen LogP contribution is 2.27. The summed E-state index contributed by atoms with van der Waals surface area (Å²) in [5.74, 6) is 0.714. The van der Waals surface area contributed by atoms with E-state index in [-0.39, 0.29) is 17.9 Å². The lowest BCUT2D eigenvalue weighted by Crippen LogP contribution is -2.46. The van der Waals surface area contributed by atoms with Gasteiger partial charge >= 0.3 is 0 Å². The Bertz CT molecular complexity index is 731. The fraction of sp³-hybridized carbons (Fsp3) is 0.667. The van der Waals surface area contributed by atoms with E-state index in [0.29, 0.717) is 32.3 Å². The lowest BCUT2D eigenvalue weighted by molar-refractivity contribution is -0.120. The molecule has 7 heteroatoms. The number of carbonyl (C=O) groups is 1. The minimum Gasteiger partial charge on any atom is -0.494 e. The van der Waals surface area contributed by atoms with Gasteiger partial charge in [-0.25, -0.2) is 13.1 Å². The Kier molecular flexibility index (Phi) is 7.89. The lowest BCUT2D eigenvalue weighted by Gasteiger charge is -2.30. The van der Waals surface area contributed by atoms with E-state index in [1.165, 1.54) is 0 Å². The summed E-state index contributed by atoms with van der Waals surface area (Å²) in [6, 6.07) is 7.34. The van der Waals surface area contributed by atoms with Crippen LogP contribution >= 0.6 is 0 Å². The predicted octanol–water partition coefficient (Wildman–Crippen LogP) is 4.08. The maximum absolute atomic E-state index is 12.5. The minimum atomic E-state index is -3.36. The molecule has 6 nitrogen and oxygen atoms in total. The molecule has 0 heterocycles. The number of rotatable bonds is 8. The first-order valence-electron chi connectivity index (χ1n) is 10.2. The number of hydrogen-bond acceptors (Lipinski definition) is 4. The standard InChI is InChI=1S/C21H34N2O4S/c1-5-6-15-27-19-13-11-17(12-14-19)22-20(24)16-7-9-18(10-8-16)23-28(25,26)21(2,3)4/h11-14,16,18,23H,5-10,15H2,1-4H3,(H,22,24). The first-order chi connectivity index (χ1) is 13.1. The first kappa shape index (κ1) is 22.7. The Morgan fingerprint density at radius 3 is 2.25 bits per heavy atom. The van der Waals surface area contributed by atoms with Crippen molar-refractivity contribution < 1.29 is 17.9 Å². The molecule has 2 N–H and O–H groups in total. The third-order valence-electron chi connectivity index (χ3n) is 5.11. The van der Waals surface area contributed by atoms with Crippen molar-refractivity contribution in [1.29, 1.82) is 0 Å². The van der Waals surface area contributed by atoms with Crippen molar-refractivity contribution in [2.24, 2.45) is 5.92 Å². The van der Waals surface area contributed by atoms with Crippen molar-refractivity contribution in [3.63, 3.8) is 0 Å². The van der Waals surface area contributed by atoms with Crippen LogP contribution in [0.15, 0.2) is 24.3 Å². The molecule has 0 spiro atoms. The third kappa shape index (κ3) is 6.48. The number of sulfonamides is 1. The molecule has 1 aliphatic rings. The zero-order valence-corrected chi connectivity index (χ0v) is 18.3. The number of unbranched alkanes of at least 4 members (excludes halogenated alkanes) is 1. The lowest BCUT2D eigenvalue weighted by atomic mass is 9.86. The second kappa shape index (κ2) is 9.74. The fourth-order valence-corrected chi connectivity index (χ4v) is 4.11. The first-order valence-corrected chi connectivity index (χ1v) is 11.7. The monoisotopic (exact) mass is 410 g/mol. The van der Waals surface area contributed by atoms with Crippen LogP contribution in [0, 0.1) is 5.92 Å². The fourth-order valence-electron chi connectivity index (χ4n) is 3.08. The predicted molar refractivity (Wildman–Crippen MR) is 113 cm³/mol. The molecule has 0 aromatic heterocycles. The van der Waals surface area contributed by atoms with E-state index >= 15 is 0 Å². The molecular formula is C21H34N2O4S. The van der Waals surface area contributed by atoms with Crippen LogP contribution in [0.4, 0.5) is 5.69 Å². The highest BCUT2D eigenvalue weighted by molar-refractivity contribution is 7.90. The van der Waals surface area contributed by atoms with Gasteiger partial charge in [0.25, 0.3) is 0 Å². The Morgan fingerprint density at radius 1 is 1.11 bits per heavy atom. The van der Waals surface area contributed by atoms with Crippen LogP contribution < -0.4 is 14.8 Å². The normalized spacial score (nSPS) is 20.6. The number of hydrogen-bond donors (Lipinski definition) is 2.